The average Bonchev–Trinajstić information content (AvgIpc) is 2.77. The molecule has 0 atom stereocenters. The molecule has 0 fully saturated rings. The van der Waals surface area contributed by atoms with E-state index in [1.54, 1.807) is 19.4 Å². The summed E-state index contributed by atoms with van der Waals surface area (Å²) >= 11 is 0. The van der Waals surface area contributed by atoms with Crippen LogP contribution in [-0.2, 0) is 28.4 Å². The van der Waals surface area contributed by atoms with E-state index in [-0.39, 0.29) is 5.92 Å². The maximum absolute atomic E-state index is 12.8. The molecule has 1 heterocycles. The molecule has 0 bridgehead atoms. The number of nitrogens with zero attached hydrogens (tertiary/aromatic N) is 2. The molecule has 0 amide bonds. The van der Waals surface area contributed by atoms with E-state index in [1.807, 2.05) is 32.5 Å². The molecule has 0 aromatic carbocycles. The molecule has 0 unspecified atom stereocenters. The summed E-state index contributed by atoms with van der Waals surface area (Å²) in [6.45, 7) is 5.89. The molecule has 0 aliphatic carbocycles. The van der Waals surface area contributed by atoms with Crippen LogP contribution in [0, 0.1) is 5.92 Å². The lowest BCUT2D eigenvalue weighted by Crippen LogP contribution is -2.36. The second kappa shape index (κ2) is 7.93. The quantitative estimate of drug-likeness (QED) is 0.739. The number of aromatic nitrogens is 1. The van der Waals surface area contributed by atoms with Crippen LogP contribution in [0.5, 0.6) is 0 Å². The molecule has 1 aromatic heterocycles. The van der Waals surface area contributed by atoms with Crippen LogP contribution in [0.15, 0.2) is 17.2 Å². The van der Waals surface area contributed by atoms with Gasteiger partial charge in [0.2, 0.25) is 10.0 Å². The van der Waals surface area contributed by atoms with E-state index >= 15 is 0 Å². The van der Waals surface area contributed by atoms with Gasteiger partial charge in [-0.1, -0.05) is 13.8 Å². The molecule has 1 rings (SSSR count). The Balaban J connectivity index is 3.06. The fraction of sp³-hybridized carbons (Fsp3) is 0.714. The lowest BCUT2D eigenvalue weighted by molar-refractivity contribution is 0.175. The molecular weight excluding hydrogens is 290 g/mol. The third-order valence-electron chi connectivity index (χ3n) is 3.19. The first kappa shape index (κ1) is 18.2. The van der Waals surface area contributed by atoms with E-state index in [0.717, 1.165) is 5.69 Å². The van der Waals surface area contributed by atoms with Crippen LogP contribution in [-0.4, -0.2) is 51.1 Å². The van der Waals surface area contributed by atoms with E-state index in [1.165, 1.54) is 4.31 Å². The average molecular weight is 317 g/mol. The van der Waals surface area contributed by atoms with Gasteiger partial charge in [0.05, 0.1) is 6.61 Å². The lowest BCUT2D eigenvalue weighted by atomic mass is 10.2. The number of rotatable bonds is 9. The monoisotopic (exact) mass is 317 g/mol. The highest BCUT2D eigenvalue weighted by atomic mass is 32.2. The molecule has 0 aliphatic rings. The fourth-order valence-corrected chi connectivity index (χ4v) is 3.82. The van der Waals surface area contributed by atoms with Crippen molar-refractivity contribution in [3.8, 4) is 0 Å². The number of aryl methyl sites for hydroxylation is 1. The normalized spacial score (nSPS) is 12.5. The molecule has 1 aromatic rings. The van der Waals surface area contributed by atoms with Gasteiger partial charge in [-0.15, -0.1) is 0 Å². The van der Waals surface area contributed by atoms with Crippen LogP contribution in [0.3, 0.4) is 0 Å². The molecule has 21 heavy (non-hydrogen) atoms. The Morgan fingerprint density at radius 1 is 1.43 bits per heavy atom. The van der Waals surface area contributed by atoms with Crippen molar-refractivity contribution >= 4 is 10.0 Å². The highest BCUT2D eigenvalue weighted by molar-refractivity contribution is 7.89. The summed E-state index contributed by atoms with van der Waals surface area (Å²) in [7, 11) is 1.79. The van der Waals surface area contributed by atoms with Gasteiger partial charge in [0.15, 0.2) is 0 Å². The molecule has 0 radical (unpaired) electrons. The minimum Gasteiger partial charge on any atom is -0.383 e. The molecule has 0 aliphatic heterocycles. The topological polar surface area (TPSA) is 63.6 Å². The zero-order chi connectivity index (χ0) is 16.0. The van der Waals surface area contributed by atoms with E-state index < -0.39 is 10.0 Å². The summed E-state index contributed by atoms with van der Waals surface area (Å²) in [5, 5.41) is 3.04. The van der Waals surface area contributed by atoms with E-state index in [9.17, 15) is 8.42 Å². The van der Waals surface area contributed by atoms with Gasteiger partial charge < -0.3 is 14.6 Å². The Morgan fingerprint density at radius 3 is 2.62 bits per heavy atom. The Bertz CT molecular complexity index is 538. The van der Waals surface area contributed by atoms with Crippen molar-refractivity contribution in [2.75, 3.05) is 33.9 Å². The van der Waals surface area contributed by atoms with Crippen LogP contribution in [0.25, 0.3) is 0 Å². The number of hydrogen-bond donors (Lipinski definition) is 1. The standard InChI is InChI=1S/C14H27N3O3S/c1-12(2)10-17(6-7-20-5)21(18,19)14-8-13(9-15-3)16(4)11-14/h8,11-12,15H,6-7,9-10H2,1-5H3. The van der Waals surface area contributed by atoms with E-state index in [4.69, 9.17) is 4.74 Å². The number of ether oxygens (including phenoxy) is 1. The summed E-state index contributed by atoms with van der Waals surface area (Å²) in [6, 6.07) is 1.73. The van der Waals surface area contributed by atoms with Crippen molar-refractivity contribution in [2.24, 2.45) is 13.0 Å². The summed E-state index contributed by atoms with van der Waals surface area (Å²) < 4.78 is 33.9. The van der Waals surface area contributed by atoms with E-state index in [0.29, 0.717) is 31.1 Å². The van der Waals surface area contributed by atoms with Crippen LogP contribution in [0.1, 0.15) is 19.5 Å². The lowest BCUT2D eigenvalue weighted by Gasteiger charge is -2.23. The van der Waals surface area contributed by atoms with Gasteiger partial charge in [0.25, 0.3) is 0 Å². The molecule has 0 saturated carbocycles. The second-order valence-corrected chi connectivity index (χ2v) is 7.50. The number of nitrogens with one attached hydrogen (secondary N) is 1. The van der Waals surface area contributed by atoms with E-state index in [2.05, 4.69) is 5.32 Å². The first-order chi connectivity index (χ1) is 9.82. The minimum atomic E-state index is -3.48. The molecule has 122 valence electrons. The molecule has 0 spiro atoms. The summed E-state index contributed by atoms with van der Waals surface area (Å²) in [5.41, 5.74) is 0.937. The summed E-state index contributed by atoms with van der Waals surface area (Å²) in [4.78, 5) is 0.340. The number of sulfonamides is 1. The van der Waals surface area contributed by atoms with Gasteiger partial charge >= 0.3 is 0 Å². The van der Waals surface area contributed by atoms with Crippen LogP contribution in [0.2, 0.25) is 0 Å². The maximum Gasteiger partial charge on any atom is 0.244 e. The molecular formula is C14H27N3O3S. The smallest absolute Gasteiger partial charge is 0.244 e. The minimum absolute atomic E-state index is 0.261. The van der Waals surface area contributed by atoms with Crippen molar-refractivity contribution in [1.29, 1.82) is 0 Å². The second-order valence-electron chi connectivity index (χ2n) is 5.56. The van der Waals surface area contributed by atoms with Crippen LogP contribution >= 0.6 is 0 Å². The SMILES string of the molecule is CNCc1cc(S(=O)(=O)N(CCOC)CC(C)C)cn1C. The Labute approximate surface area is 128 Å². The van der Waals surface area contributed by atoms with Crippen molar-refractivity contribution in [2.45, 2.75) is 25.3 Å². The number of hydrogen-bond acceptors (Lipinski definition) is 4. The molecule has 6 nitrogen and oxygen atoms in total. The van der Waals surface area contributed by atoms with Crippen molar-refractivity contribution in [3.63, 3.8) is 0 Å². The number of methoxy groups -OCH3 is 1. The third-order valence-corrected chi connectivity index (χ3v) is 5.02. The third kappa shape index (κ3) is 4.81. The summed E-state index contributed by atoms with van der Waals surface area (Å²) in [6.07, 6.45) is 1.67. The predicted octanol–water partition coefficient (Wildman–Crippen LogP) is 1.04. The molecule has 1 N–H and O–H groups in total. The van der Waals surface area contributed by atoms with Gasteiger partial charge in [0.1, 0.15) is 4.90 Å². The van der Waals surface area contributed by atoms with Gasteiger partial charge in [-0.3, -0.25) is 0 Å². The van der Waals surface area contributed by atoms with Gasteiger partial charge in [-0.05, 0) is 19.0 Å². The van der Waals surface area contributed by atoms with Gasteiger partial charge in [0, 0.05) is 45.7 Å². The fourth-order valence-electron chi connectivity index (χ4n) is 2.13. The van der Waals surface area contributed by atoms with Crippen molar-refractivity contribution < 1.29 is 13.2 Å². The van der Waals surface area contributed by atoms with Crippen molar-refractivity contribution in [1.82, 2.24) is 14.2 Å². The Kier molecular flexibility index (Phi) is 6.86. The maximum atomic E-state index is 12.8. The summed E-state index contributed by atoms with van der Waals surface area (Å²) in [5.74, 6) is 0.261. The highest BCUT2D eigenvalue weighted by Crippen LogP contribution is 2.19. The van der Waals surface area contributed by atoms with Crippen LogP contribution in [0.4, 0.5) is 0 Å². The Hall–Kier alpha value is -0.890. The van der Waals surface area contributed by atoms with Gasteiger partial charge in [-0.25, -0.2) is 8.42 Å². The van der Waals surface area contributed by atoms with Crippen LogP contribution < -0.4 is 5.32 Å². The first-order valence-corrected chi connectivity index (χ1v) is 8.55. The Morgan fingerprint density at radius 2 is 2.10 bits per heavy atom. The zero-order valence-electron chi connectivity index (χ0n) is 13.6. The highest BCUT2D eigenvalue weighted by Gasteiger charge is 2.26. The molecule has 7 heteroatoms. The largest absolute Gasteiger partial charge is 0.383 e. The predicted molar refractivity (Wildman–Crippen MR) is 83.6 cm³/mol. The van der Waals surface area contributed by atoms with Crippen molar-refractivity contribution in [3.05, 3.63) is 18.0 Å². The molecule has 0 saturated heterocycles. The first-order valence-electron chi connectivity index (χ1n) is 7.11. The van der Waals surface area contributed by atoms with Gasteiger partial charge in [-0.2, -0.15) is 4.31 Å². The zero-order valence-corrected chi connectivity index (χ0v) is 14.4.